The van der Waals surface area contributed by atoms with E-state index in [2.05, 4.69) is 10.3 Å². The monoisotopic (exact) mass is 288 g/mol. The number of aromatic nitrogens is 1. The molecule has 1 aromatic heterocycles. The van der Waals surface area contributed by atoms with Gasteiger partial charge in [-0.3, -0.25) is 0 Å². The van der Waals surface area contributed by atoms with Crippen molar-refractivity contribution in [3.8, 4) is 17.2 Å². The van der Waals surface area contributed by atoms with E-state index in [1.807, 2.05) is 30.3 Å². The van der Waals surface area contributed by atoms with Crippen LogP contribution in [0.4, 0.5) is 5.82 Å². The Hall–Kier alpha value is -2.43. The average molecular weight is 288 g/mol. The zero-order valence-corrected chi connectivity index (χ0v) is 12.6. The van der Waals surface area contributed by atoms with E-state index in [9.17, 15) is 0 Å². The van der Waals surface area contributed by atoms with Crippen molar-refractivity contribution in [2.75, 3.05) is 33.2 Å². The molecular formula is C16H20N2O3. The van der Waals surface area contributed by atoms with Gasteiger partial charge in [-0.1, -0.05) is 12.1 Å². The molecule has 0 bridgehead atoms. The number of nitrogens with one attached hydrogen (secondary N) is 1. The number of rotatable bonds is 7. The summed E-state index contributed by atoms with van der Waals surface area (Å²) in [5.74, 6) is 2.85. The lowest BCUT2D eigenvalue weighted by molar-refractivity contribution is 0.322. The molecule has 0 atom stereocenters. The third-order valence-electron chi connectivity index (χ3n) is 3.15. The Kier molecular flexibility index (Phi) is 5.26. The molecule has 0 aliphatic rings. The summed E-state index contributed by atoms with van der Waals surface area (Å²) in [7, 11) is 4.85. The number of hydrogen-bond donors (Lipinski definition) is 1. The van der Waals surface area contributed by atoms with Crippen LogP contribution in [0.15, 0.2) is 36.5 Å². The van der Waals surface area contributed by atoms with E-state index in [1.165, 1.54) is 0 Å². The molecule has 0 radical (unpaired) electrons. The zero-order chi connectivity index (χ0) is 15.1. The Labute approximate surface area is 124 Å². The molecule has 21 heavy (non-hydrogen) atoms. The first kappa shape index (κ1) is 15.0. The van der Waals surface area contributed by atoms with E-state index in [1.54, 1.807) is 27.5 Å². The maximum Gasteiger partial charge on any atom is 0.203 e. The molecule has 2 aromatic rings. The van der Waals surface area contributed by atoms with E-state index in [4.69, 9.17) is 14.2 Å². The Bertz CT molecular complexity index is 573. The second kappa shape index (κ2) is 7.38. The maximum atomic E-state index is 5.46. The molecule has 0 fully saturated rings. The number of benzene rings is 1. The van der Waals surface area contributed by atoms with Gasteiger partial charge in [-0.2, -0.15) is 0 Å². The lowest BCUT2D eigenvalue weighted by Crippen LogP contribution is -2.07. The van der Waals surface area contributed by atoms with Crippen LogP contribution in [0.1, 0.15) is 5.56 Å². The summed E-state index contributed by atoms with van der Waals surface area (Å²) in [5, 5.41) is 3.27. The summed E-state index contributed by atoms with van der Waals surface area (Å²) < 4.78 is 16.1. The highest BCUT2D eigenvalue weighted by Gasteiger charge is 2.15. The van der Waals surface area contributed by atoms with E-state index >= 15 is 0 Å². The van der Waals surface area contributed by atoms with Gasteiger partial charge < -0.3 is 19.5 Å². The number of anilines is 1. The van der Waals surface area contributed by atoms with Gasteiger partial charge in [0.1, 0.15) is 5.82 Å². The fraction of sp³-hybridized carbons (Fsp3) is 0.312. The number of hydrogen-bond acceptors (Lipinski definition) is 5. The summed E-state index contributed by atoms with van der Waals surface area (Å²) in [6.07, 6.45) is 2.55. The minimum atomic E-state index is 0.621. The van der Waals surface area contributed by atoms with Gasteiger partial charge >= 0.3 is 0 Å². The van der Waals surface area contributed by atoms with Crippen LogP contribution in [0.3, 0.4) is 0 Å². The van der Waals surface area contributed by atoms with Gasteiger partial charge in [-0.05, 0) is 24.6 Å². The van der Waals surface area contributed by atoms with Gasteiger partial charge in [0.15, 0.2) is 11.5 Å². The number of ether oxygens (including phenoxy) is 3. The number of methoxy groups -OCH3 is 3. The fourth-order valence-electron chi connectivity index (χ4n) is 2.15. The van der Waals surface area contributed by atoms with Crippen molar-refractivity contribution in [1.82, 2.24) is 4.98 Å². The molecule has 0 spiro atoms. The van der Waals surface area contributed by atoms with Crippen molar-refractivity contribution in [2.24, 2.45) is 0 Å². The van der Waals surface area contributed by atoms with Crippen LogP contribution >= 0.6 is 0 Å². The molecule has 1 heterocycles. The smallest absolute Gasteiger partial charge is 0.203 e. The SMILES string of the molecule is COc1ccc(CCNc2ccccn2)c(OC)c1OC. The van der Waals surface area contributed by atoms with Crippen LogP contribution < -0.4 is 19.5 Å². The quantitative estimate of drug-likeness (QED) is 0.849. The Morgan fingerprint density at radius 2 is 1.76 bits per heavy atom. The third-order valence-corrected chi connectivity index (χ3v) is 3.15. The van der Waals surface area contributed by atoms with Crippen molar-refractivity contribution in [3.05, 3.63) is 42.1 Å². The van der Waals surface area contributed by atoms with Gasteiger partial charge in [-0.25, -0.2) is 4.98 Å². The van der Waals surface area contributed by atoms with Gasteiger partial charge in [0.25, 0.3) is 0 Å². The lowest BCUT2D eigenvalue weighted by Gasteiger charge is -2.16. The van der Waals surface area contributed by atoms with E-state index in [0.717, 1.165) is 24.3 Å². The van der Waals surface area contributed by atoms with E-state index in [0.29, 0.717) is 17.2 Å². The molecule has 5 nitrogen and oxygen atoms in total. The van der Waals surface area contributed by atoms with Crippen LogP contribution in [0.2, 0.25) is 0 Å². The highest BCUT2D eigenvalue weighted by molar-refractivity contribution is 5.56. The normalized spacial score (nSPS) is 10.0. The number of pyridine rings is 1. The van der Waals surface area contributed by atoms with Crippen LogP contribution in [-0.2, 0) is 6.42 Å². The van der Waals surface area contributed by atoms with Crippen LogP contribution in [0.5, 0.6) is 17.2 Å². The predicted octanol–water partition coefficient (Wildman–Crippen LogP) is 2.76. The molecule has 0 saturated heterocycles. The standard InChI is InChI=1S/C16H20N2O3/c1-19-13-8-7-12(15(20-2)16(13)21-3)9-11-18-14-6-4-5-10-17-14/h4-8,10H,9,11H2,1-3H3,(H,17,18). The van der Waals surface area contributed by atoms with Crippen LogP contribution in [0.25, 0.3) is 0 Å². The maximum absolute atomic E-state index is 5.46. The molecule has 0 amide bonds. The summed E-state index contributed by atoms with van der Waals surface area (Å²) in [5.41, 5.74) is 1.05. The molecule has 0 aliphatic heterocycles. The van der Waals surface area contributed by atoms with Crippen molar-refractivity contribution >= 4 is 5.82 Å². The van der Waals surface area contributed by atoms with Gasteiger partial charge in [0.2, 0.25) is 5.75 Å². The fourth-order valence-corrected chi connectivity index (χ4v) is 2.15. The van der Waals surface area contributed by atoms with Crippen LogP contribution in [-0.4, -0.2) is 32.9 Å². The topological polar surface area (TPSA) is 52.6 Å². The third kappa shape index (κ3) is 3.56. The Morgan fingerprint density at radius 3 is 2.38 bits per heavy atom. The lowest BCUT2D eigenvalue weighted by atomic mass is 10.1. The molecule has 1 N–H and O–H groups in total. The van der Waals surface area contributed by atoms with Crippen molar-refractivity contribution in [3.63, 3.8) is 0 Å². The molecule has 0 unspecified atom stereocenters. The molecule has 2 rings (SSSR count). The number of nitrogens with zero attached hydrogens (tertiary/aromatic N) is 1. The minimum Gasteiger partial charge on any atom is -0.493 e. The summed E-state index contributed by atoms with van der Waals surface area (Å²) >= 11 is 0. The van der Waals surface area contributed by atoms with Crippen LogP contribution in [0, 0.1) is 0 Å². The molecule has 5 heteroatoms. The van der Waals surface area contributed by atoms with Crippen molar-refractivity contribution < 1.29 is 14.2 Å². The highest BCUT2D eigenvalue weighted by atomic mass is 16.5. The second-order valence-electron chi connectivity index (χ2n) is 4.39. The van der Waals surface area contributed by atoms with Crippen molar-refractivity contribution in [2.45, 2.75) is 6.42 Å². The van der Waals surface area contributed by atoms with Crippen molar-refractivity contribution in [1.29, 1.82) is 0 Å². The first-order valence-corrected chi connectivity index (χ1v) is 6.73. The van der Waals surface area contributed by atoms with E-state index < -0.39 is 0 Å². The zero-order valence-electron chi connectivity index (χ0n) is 12.6. The molecule has 0 aliphatic carbocycles. The van der Waals surface area contributed by atoms with Gasteiger partial charge in [0, 0.05) is 18.3 Å². The second-order valence-corrected chi connectivity index (χ2v) is 4.39. The Balaban J connectivity index is 2.09. The highest BCUT2D eigenvalue weighted by Crippen LogP contribution is 2.39. The predicted molar refractivity (Wildman–Crippen MR) is 82.5 cm³/mol. The largest absolute Gasteiger partial charge is 0.493 e. The molecular weight excluding hydrogens is 268 g/mol. The van der Waals surface area contributed by atoms with Gasteiger partial charge in [0.05, 0.1) is 21.3 Å². The molecule has 1 aromatic carbocycles. The summed E-state index contributed by atoms with van der Waals surface area (Å²) in [6.45, 7) is 0.753. The molecule has 0 saturated carbocycles. The minimum absolute atomic E-state index is 0.621. The summed E-state index contributed by atoms with van der Waals surface area (Å²) in [4.78, 5) is 4.23. The first-order chi connectivity index (χ1) is 10.3. The average Bonchev–Trinajstić information content (AvgIpc) is 2.55. The van der Waals surface area contributed by atoms with E-state index in [-0.39, 0.29) is 0 Å². The van der Waals surface area contributed by atoms with Gasteiger partial charge in [-0.15, -0.1) is 0 Å². The first-order valence-electron chi connectivity index (χ1n) is 6.73. The Morgan fingerprint density at radius 1 is 0.952 bits per heavy atom. The summed E-state index contributed by atoms with van der Waals surface area (Å²) in [6, 6.07) is 9.65. The molecule has 112 valence electrons.